The Kier molecular flexibility index (Phi) is 4.45. The smallest absolute Gasteiger partial charge is 0.399 e. The number of alkyl halides is 3. The number of benzene rings is 1. The zero-order chi connectivity index (χ0) is 14.8. The molecule has 0 radical (unpaired) electrons. The molecule has 0 amide bonds. The highest BCUT2D eigenvalue weighted by atomic mass is 19.4. The van der Waals surface area contributed by atoms with E-state index in [1.165, 1.54) is 25.0 Å². The molecule has 2 rings (SSSR count). The summed E-state index contributed by atoms with van der Waals surface area (Å²) in [6.45, 7) is 0. The van der Waals surface area contributed by atoms with Crippen LogP contribution in [-0.2, 0) is 6.18 Å². The van der Waals surface area contributed by atoms with Gasteiger partial charge in [-0.1, -0.05) is 25.7 Å². The fourth-order valence-electron chi connectivity index (χ4n) is 2.93. The van der Waals surface area contributed by atoms with Gasteiger partial charge in [0.2, 0.25) is 0 Å². The molecule has 0 heterocycles. The Hall–Kier alpha value is -1.39. The highest BCUT2D eigenvalue weighted by Crippen LogP contribution is 2.39. The maximum atomic E-state index is 13.2. The van der Waals surface area contributed by atoms with Crippen LogP contribution in [0.1, 0.15) is 44.1 Å². The molecule has 1 fully saturated rings. The van der Waals surface area contributed by atoms with E-state index in [0.717, 1.165) is 31.7 Å². The third kappa shape index (κ3) is 3.38. The first kappa shape index (κ1) is 15.0. The molecule has 2 N–H and O–H groups in total. The summed E-state index contributed by atoms with van der Waals surface area (Å²) in [5, 5.41) is 0. The Morgan fingerprint density at radius 1 is 1.10 bits per heavy atom. The quantitative estimate of drug-likeness (QED) is 0.643. The zero-order valence-electron chi connectivity index (χ0n) is 11.7. The molecule has 0 bridgehead atoms. The highest BCUT2D eigenvalue weighted by Gasteiger charge is 2.35. The molecule has 0 saturated heterocycles. The Morgan fingerprint density at radius 3 is 2.25 bits per heavy atom. The van der Waals surface area contributed by atoms with E-state index in [9.17, 15) is 13.2 Å². The van der Waals surface area contributed by atoms with Crippen molar-refractivity contribution < 1.29 is 13.2 Å². The van der Waals surface area contributed by atoms with Gasteiger partial charge in [0.15, 0.2) is 0 Å². The summed E-state index contributed by atoms with van der Waals surface area (Å²) in [5.41, 5.74) is 5.26. The van der Waals surface area contributed by atoms with Crippen LogP contribution in [0.25, 0.3) is 0 Å². The molecule has 1 aromatic carbocycles. The van der Waals surface area contributed by atoms with Crippen molar-refractivity contribution in [1.82, 2.24) is 0 Å². The predicted molar refractivity (Wildman–Crippen MR) is 75.7 cm³/mol. The average molecular weight is 286 g/mol. The lowest BCUT2D eigenvalue weighted by molar-refractivity contribution is -0.137. The molecule has 1 aromatic rings. The van der Waals surface area contributed by atoms with Crippen LogP contribution in [0, 0.1) is 0 Å². The normalized spacial score (nSPS) is 17.8. The molecule has 0 aromatic heterocycles. The molecule has 0 atom stereocenters. The summed E-state index contributed by atoms with van der Waals surface area (Å²) in [6.07, 6.45) is 2.08. The van der Waals surface area contributed by atoms with E-state index in [2.05, 4.69) is 0 Å². The molecule has 0 aliphatic heterocycles. The first-order valence-electron chi connectivity index (χ1n) is 7.09. The van der Waals surface area contributed by atoms with Crippen molar-refractivity contribution in [2.75, 3.05) is 17.7 Å². The van der Waals surface area contributed by atoms with E-state index in [1.54, 1.807) is 11.9 Å². The van der Waals surface area contributed by atoms with Crippen LogP contribution in [0.2, 0.25) is 0 Å². The molecule has 112 valence electrons. The van der Waals surface area contributed by atoms with Crippen LogP contribution < -0.4 is 10.6 Å². The van der Waals surface area contributed by atoms with Gasteiger partial charge in [0.05, 0.1) is 5.56 Å². The van der Waals surface area contributed by atoms with Gasteiger partial charge >= 0.3 is 6.18 Å². The second kappa shape index (κ2) is 5.94. The predicted octanol–water partition coefficient (Wildman–Crippen LogP) is 4.45. The van der Waals surface area contributed by atoms with Gasteiger partial charge in [-0.2, -0.15) is 13.2 Å². The van der Waals surface area contributed by atoms with E-state index in [4.69, 9.17) is 5.73 Å². The van der Waals surface area contributed by atoms with E-state index in [0.29, 0.717) is 0 Å². The van der Waals surface area contributed by atoms with Crippen LogP contribution in [0.3, 0.4) is 0 Å². The number of nitrogens with two attached hydrogens (primary N) is 1. The average Bonchev–Trinajstić information content (AvgIpc) is 2.65. The fourth-order valence-corrected chi connectivity index (χ4v) is 2.93. The summed E-state index contributed by atoms with van der Waals surface area (Å²) < 4.78 is 39.5. The summed E-state index contributed by atoms with van der Waals surface area (Å²) in [6, 6.07) is 4.24. The number of halogens is 3. The molecule has 1 saturated carbocycles. The SMILES string of the molecule is CN(c1ccc(N)cc1C(F)(F)F)C1CCCCCC1. The van der Waals surface area contributed by atoms with Crippen molar-refractivity contribution >= 4 is 11.4 Å². The second-order valence-corrected chi connectivity index (χ2v) is 5.53. The minimum Gasteiger partial charge on any atom is -0.399 e. The lowest BCUT2D eigenvalue weighted by Crippen LogP contribution is -2.32. The Morgan fingerprint density at radius 2 is 1.70 bits per heavy atom. The standard InChI is InChI=1S/C15H21F3N2/c1-20(12-6-4-2-3-5-7-12)14-9-8-11(19)10-13(14)15(16,17)18/h8-10,12H,2-7,19H2,1H3. The zero-order valence-corrected chi connectivity index (χ0v) is 11.7. The van der Waals surface area contributed by atoms with E-state index in [1.807, 2.05) is 0 Å². The van der Waals surface area contributed by atoms with Crippen molar-refractivity contribution in [2.24, 2.45) is 0 Å². The van der Waals surface area contributed by atoms with Gasteiger partial charge in [-0.15, -0.1) is 0 Å². The largest absolute Gasteiger partial charge is 0.418 e. The minimum atomic E-state index is -4.37. The van der Waals surface area contributed by atoms with Crippen LogP contribution in [0.5, 0.6) is 0 Å². The number of rotatable bonds is 2. The molecule has 1 aliphatic rings. The lowest BCUT2D eigenvalue weighted by atomic mass is 10.0. The lowest BCUT2D eigenvalue weighted by Gasteiger charge is -2.31. The number of nitrogen functional groups attached to an aromatic ring is 1. The number of hydrogen-bond donors (Lipinski definition) is 1. The maximum Gasteiger partial charge on any atom is 0.418 e. The second-order valence-electron chi connectivity index (χ2n) is 5.53. The number of hydrogen-bond acceptors (Lipinski definition) is 2. The van der Waals surface area contributed by atoms with Gasteiger partial charge in [0.25, 0.3) is 0 Å². The van der Waals surface area contributed by atoms with Crippen molar-refractivity contribution in [3.8, 4) is 0 Å². The van der Waals surface area contributed by atoms with Crippen LogP contribution in [0.4, 0.5) is 24.5 Å². The van der Waals surface area contributed by atoms with Crippen LogP contribution in [-0.4, -0.2) is 13.1 Å². The molecule has 0 unspecified atom stereocenters. The van der Waals surface area contributed by atoms with Crippen molar-refractivity contribution in [3.63, 3.8) is 0 Å². The van der Waals surface area contributed by atoms with Crippen molar-refractivity contribution in [3.05, 3.63) is 23.8 Å². The van der Waals surface area contributed by atoms with E-state index in [-0.39, 0.29) is 17.4 Å². The summed E-state index contributed by atoms with van der Waals surface area (Å²) in [7, 11) is 1.76. The van der Waals surface area contributed by atoms with Gasteiger partial charge in [-0.05, 0) is 31.0 Å². The fraction of sp³-hybridized carbons (Fsp3) is 0.600. The first-order valence-corrected chi connectivity index (χ1v) is 7.09. The third-order valence-electron chi connectivity index (χ3n) is 4.08. The van der Waals surface area contributed by atoms with Crippen LogP contribution in [0.15, 0.2) is 18.2 Å². The van der Waals surface area contributed by atoms with E-state index >= 15 is 0 Å². The monoisotopic (exact) mass is 286 g/mol. The molecule has 5 heteroatoms. The number of anilines is 2. The summed E-state index contributed by atoms with van der Waals surface area (Å²) in [4.78, 5) is 1.79. The molecular formula is C15H21F3N2. The van der Waals surface area contributed by atoms with Gasteiger partial charge in [-0.3, -0.25) is 0 Å². The highest BCUT2D eigenvalue weighted by molar-refractivity contribution is 5.61. The minimum absolute atomic E-state index is 0.148. The van der Waals surface area contributed by atoms with Crippen molar-refractivity contribution in [1.29, 1.82) is 0 Å². The maximum absolute atomic E-state index is 13.2. The van der Waals surface area contributed by atoms with Gasteiger partial charge in [0.1, 0.15) is 0 Å². The Bertz CT molecular complexity index is 449. The molecular weight excluding hydrogens is 265 g/mol. The molecule has 2 nitrogen and oxygen atoms in total. The van der Waals surface area contributed by atoms with Gasteiger partial charge in [0, 0.05) is 24.5 Å². The topological polar surface area (TPSA) is 29.3 Å². The third-order valence-corrected chi connectivity index (χ3v) is 4.08. The van der Waals surface area contributed by atoms with Crippen molar-refractivity contribution in [2.45, 2.75) is 50.7 Å². The Labute approximate surface area is 117 Å². The van der Waals surface area contributed by atoms with Gasteiger partial charge in [-0.25, -0.2) is 0 Å². The molecule has 1 aliphatic carbocycles. The van der Waals surface area contributed by atoms with E-state index < -0.39 is 11.7 Å². The summed E-state index contributed by atoms with van der Waals surface area (Å²) >= 11 is 0. The van der Waals surface area contributed by atoms with Crippen LogP contribution >= 0.6 is 0 Å². The Balaban J connectivity index is 2.31. The molecule has 20 heavy (non-hydrogen) atoms. The summed E-state index contributed by atoms with van der Waals surface area (Å²) in [5.74, 6) is 0. The number of nitrogens with zero attached hydrogens (tertiary/aromatic N) is 1. The first-order chi connectivity index (χ1) is 9.39. The molecule has 0 spiro atoms. The van der Waals surface area contributed by atoms with Gasteiger partial charge < -0.3 is 10.6 Å².